The lowest BCUT2D eigenvalue weighted by Gasteiger charge is -2.01. The summed E-state index contributed by atoms with van der Waals surface area (Å²) in [6.45, 7) is 3.70. The SMILES string of the molecule is Cc1sc(NC(=O)c2sc3cc([N+](=O)[O-])ccc3c2Cl)c(C#N)c1C. The molecule has 25 heavy (non-hydrogen) atoms. The Bertz CT molecular complexity index is 1080. The molecule has 0 atom stereocenters. The number of aryl methyl sites for hydroxylation is 1. The van der Waals surface area contributed by atoms with Crippen molar-refractivity contribution in [1.29, 1.82) is 5.26 Å². The number of carbonyl (C=O) groups is 1. The summed E-state index contributed by atoms with van der Waals surface area (Å²) in [6.07, 6.45) is 0. The molecule has 2 aromatic heterocycles. The normalized spacial score (nSPS) is 10.6. The number of hydrogen-bond donors (Lipinski definition) is 1. The van der Waals surface area contributed by atoms with E-state index in [2.05, 4.69) is 11.4 Å². The van der Waals surface area contributed by atoms with Crippen LogP contribution in [0, 0.1) is 35.3 Å². The number of amides is 1. The van der Waals surface area contributed by atoms with Crippen molar-refractivity contribution in [1.82, 2.24) is 0 Å². The van der Waals surface area contributed by atoms with Crippen molar-refractivity contribution in [2.24, 2.45) is 0 Å². The van der Waals surface area contributed by atoms with Crippen molar-refractivity contribution in [3.8, 4) is 6.07 Å². The van der Waals surface area contributed by atoms with Crippen LogP contribution < -0.4 is 5.32 Å². The Balaban J connectivity index is 2.00. The van der Waals surface area contributed by atoms with E-state index in [1.807, 2.05) is 13.8 Å². The van der Waals surface area contributed by atoms with E-state index in [9.17, 15) is 20.2 Å². The molecule has 3 rings (SSSR count). The van der Waals surface area contributed by atoms with E-state index in [4.69, 9.17) is 11.6 Å². The van der Waals surface area contributed by atoms with Crippen molar-refractivity contribution < 1.29 is 9.72 Å². The van der Waals surface area contributed by atoms with Gasteiger partial charge >= 0.3 is 0 Å². The minimum absolute atomic E-state index is 0.0614. The van der Waals surface area contributed by atoms with Gasteiger partial charge in [-0.3, -0.25) is 14.9 Å². The van der Waals surface area contributed by atoms with Crippen molar-refractivity contribution in [2.75, 3.05) is 5.32 Å². The van der Waals surface area contributed by atoms with Crippen LogP contribution in [0.25, 0.3) is 10.1 Å². The second-order valence-electron chi connectivity index (χ2n) is 5.24. The number of thiophene rings is 2. The van der Waals surface area contributed by atoms with Crippen molar-refractivity contribution >= 4 is 61.0 Å². The van der Waals surface area contributed by atoms with Gasteiger partial charge in [-0.15, -0.1) is 22.7 Å². The molecule has 0 saturated carbocycles. The number of nitro groups is 1. The predicted octanol–water partition coefficient (Wildman–Crippen LogP) is 5.27. The molecule has 0 bridgehead atoms. The minimum Gasteiger partial charge on any atom is -0.312 e. The Morgan fingerprint density at radius 3 is 2.72 bits per heavy atom. The molecule has 0 aliphatic carbocycles. The van der Waals surface area contributed by atoms with Crippen molar-refractivity contribution in [2.45, 2.75) is 13.8 Å². The Hall–Kier alpha value is -2.47. The number of carbonyl (C=O) groups excluding carboxylic acids is 1. The zero-order valence-electron chi connectivity index (χ0n) is 13.0. The summed E-state index contributed by atoms with van der Waals surface area (Å²) in [7, 11) is 0. The van der Waals surface area contributed by atoms with E-state index >= 15 is 0 Å². The van der Waals surface area contributed by atoms with Gasteiger partial charge in [0.2, 0.25) is 0 Å². The lowest BCUT2D eigenvalue weighted by molar-refractivity contribution is -0.384. The quantitative estimate of drug-likeness (QED) is 0.486. The fourth-order valence-corrected chi connectivity index (χ4v) is 4.77. The third kappa shape index (κ3) is 2.98. The molecule has 0 aliphatic rings. The number of hydrogen-bond acceptors (Lipinski definition) is 6. The summed E-state index contributed by atoms with van der Waals surface area (Å²) in [5.74, 6) is -0.438. The van der Waals surface area contributed by atoms with Crippen LogP contribution in [0.1, 0.15) is 25.7 Å². The number of nitrogens with zero attached hydrogens (tertiary/aromatic N) is 2. The highest BCUT2D eigenvalue weighted by molar-refractivity contribution is 7.22. The first-order chi connectivity index (χ1) is 11.8. The second-order valence-corrected chi connectivity index (χ2v) is 7.89. The van der Waals surface area contributed by atoms with Gasteiger partial charge in [-0.25, -0.2) is 0 Å². The number of halogens is 1. The molecule has 0 saturated heterocycles. The summed E-state index contributed by atoms with van der Waals surface area (Å²) < 4.78 is 0.559. The van der Waals surface area contributed by atoms with Crippen LogP contribution in [0.2, 0.25) is 5.02 Å². The maximum absolute atomic E-state index is 12.6. The monoisotopic (exact) mass is 391 g/mol. The first-order valence-corrected chi connectivity index (χ1v) is 9.02. The maximum Gasteiger partial charge on any atom is 0.270 e. The van der Waals surface area contributed by atoms with Gasteiger partial charge in [0.15, 0.2) is 0 Å². The second kappa shape index (κ2) is 6.44. The van der Waals surface area contributed by atoms with Gasteiger partial charge in [-0.05, 0) is 25.5 Å². The number of benzene rings is 1. The number of non-ortho nitro benzene ring substituents is 1. The molecule has 2 heterocycles. The number of nitro benzene ring substituents is 1. The van der Waals surface area contributed by atoms with Crippen LogP contribution in [0.3, 0.4) is 0 Å². The van der Waals surface area contributed by atoms with Gasteiger partial charge in [0, 0.05) is 27.1 Å². The fraction of sp³-hybridized carbons (Fsp3) is 0.125. The number of fused-ring (bicyclic) bond motifs is 1. The molecule has 126 valence electrons. The van der Waals surface area contributed by atoms with Crippen LogP contribution in [0.15, 0.2) is 18.2 Å². The smallest absolute Gasteiger partial charge is 0.270 e. The molecule has 1 amide bonds. The predicted molar refractivity (Wildman–Crippen MR) is 100.0 cm³/mol. The Morgan fingerprint density at radius 1 is 1.36 bits per heavy atom. The molecular weight excluding hydrogens is 382 g/mol. The topological polar surface area (TPSA) is 96.0 Å². The number of nitrogens with one attached hydrogen (secondary N) is 1. The summed E-state index contributed by atoms with van der Waals surface area (Å²) in [5.41, 5.74) is 1.21. The van der Waals surface area contributed by atoms with E-state index in [1.165, 1.54) is 29.5 Å². The molecule has 0 spiro atoms. The lowest BCUT2D eigenvalue weighted by Crippen LogP contribution is -2.10. The van der Waals surface area contributed by atoms with Crippen LogP contribution in [-0.4, -0.2) is 10.8 Å². The van der Waals surface area contributed by atoms with Crippen molar-refractivity contribution in [3.05, 3.63) is 54.2 Å². The largest absolute Gasteiger partial charge is 0.312 e. The van der Waals surface area contributed by atoms with Gasteiger partial charge in [0.05, 0.1) is 15.5 Å². The van der Waals surface area contributed by atoms with Gasteiger partial charge in [0.1, 0.15) is 15.9 Å². The highest BCUT2D eigenvalue weighted by Crippen LogP contribution is 2.38. The zero-order chi connectivity index (χ0) is 18.3. The summed E-state index contributed by atoms with van der Waals surface area (Å²) in [4.78, 5) is 24.2. The van der Waals surface area contributed by atoms with Gasteiger partial charge in [-0.2, -0.15) is 5.26 Å². The van der Waals surface area contributed by atoms with Gasteiger partial charge in [-0.1, -0.05) is 11.6 Å². The summed E-state index contributed by atoms with van der Waals surface area (Å²) in [6, 6.07) is 6.37. The lowest BCUT2D eigenvalue weighted by atomic mass is 10.2. The average molecular weight is 392 g/mol. The van der Waals surface area contributed by atoms with Crippen LogP contribution in [-0.2, 0) is 0 Å². The third-order valence-electron chi connectivity index (χ3n) is 3.75. The standard InChI is InChI=1S/C16H10ClN3O3S2/c1-7-8(2)24-16(11(7)6-18)19-15(21)14-13(17)10-4-3-9(20(22)23)5-12(10)25-14/h3-5H,1-2H3,(H,19,21). The minimum atomic E-state index is -0.497. The Labute approximate surface area is 155 Å². The first kappa shape index (κ1) is 17.4. The highest BCUT2D eigenvalue weighted by Gasteiger charge is 2.21. The molecule has 0 unspecified atom stereocenters. The summed E-state index contributed by atoms with van der Waals surface area (Å²) in [5, 5.41) is 24.2. The first-order valence-electron chi connectivity index (χ1n) is 7.01. The van der Waals surface area contributed by atoms with E-state index in [1.54, 1.807) is 0 Å². The summed E-state index contributed by atoms with van der Waals surface area (Å²) >= 11 is 8.68. The fourth-order valence-electron chi connectivity index (χ4n) is 2.32. The Morgan fingerprint density at radius 2 is 2.08 bits per heavy atom. The molecule has 0 aliphatic heterocycles. The molecule has 1 aromatic carbocycles. The zero-order valence-corrected chi connectivity index (χ0v) is 15.4. The molecule has 9 heteroatoms. The molecule has 3 aromatic rings. The molecule has 6 nitrogen and oxygen atoms in total. The van der Waals surface area contributed by atoms with Gasteiger partial charge < -0.3 is 5.32 Å². The van der Waals surface area contributed by atoms with Crippen LogP contribution in [0.4, 0.5) is 10.7 Å². The molecule has 0 fully saturated rings. The van der Waals surface area contributed by atoms with Crippen LogP contribution >= 0.6 is 34.3 Å². The van der Waals surface area contributed by atoms with Gasteiger partial charge in [0.25, 0.3) is 11.6 Å². The van der Waals surface area contributed by atoms with E-state index in [-0.39, 0.29) is 15.6 Å². The maximum atomic E-state index is 12.6. The average Bonchev–Trinajstić information content (AvgIpc) is 3.04. The van der Waals surface area contributed by atoms with Crippen LogP contribution in [0.5, 0.6) is 0 Å². The van der Waals surface area contributed by atoms with E-state index < -0.39 is 10.8 Å². The number of nitriles is 1. The van der Waals surface area contributed by atoms with E-state index in [0.717, 1.165) is 21.8 Å². The molecule has 1 N–H and O–H groups in total. The number of rotatable bonds is 3. The molecule has 0 radical (unpaired) electrons. The number of anilines is 1. The van der Waals surface area contributed by atoms with E-state index in [0.29, 0.717) is 20.7 Å². The Kier molecular flexibility index (Phi) is 4.47. The third-order valence-corrected chi connectivity index (χ3v) is 6.53. The van der Waals surface area contributed by atoms with Crippen molar-refractivity contribution in [3.63, 3.8) is 0 Å². The highest BCUT2D eigenvalue weighted by atomic mass is 35.5. The molecular formula is C16H10ClN3O3S2.